The van der Waals surface area contributed by atoms with E-state index >= 15 is 0 Å². The lowest BCUT2D eigenvalue weighted by Gasteiger charge is -2.03. The van der Waals surface area contributed by atoms with Crippen LogP contribution in [0, 0.1) is 6.92 Å². The van der Waals surface area contributed by atoms with Gasteiger partial charge >= 0.3 is 0 Å². The molecule has 1 amide bonds. The molecule has 4 aromatic rings. The number of carbonyl (C=O) groups is 1. The smallest absolute Gasteiger partial charge is 0.258 e. The number of halogens is 2. The zero-order valence-corrected chi connectivity index (χ0v) is 15.6. The number of amides is 1. The molecule has 2 aromatic heterocycles. The van der Waals surface area contributed by atoms with Gasteiger partial charge in [0.25, 0.3) is 5.91 Å². The third-order valence-electron chi connectivity index (χ3n) is 3.96. The van der Waals surface area contributed by atoms with Gasteiger partial charge in [-0.3, -0.25) is 10.1 Å². The van der Waals surface area contributed by atoms with Gasteiger partial charge in [0.15, 0.2) is 0 Å². The third kappa shape index (κ3) is 3.49. The topological polar surface area (TPSA) is 83.6 Å². The first-order chi connectivity index (χ1) is 13.0. The molecule has 0 bridgehead atoms. The van der Waals surface area contributed by atoms with Crippen LogP contribution in [-0.2, 0) is 0 Å². The second kappa shape index (κ2) is 6.98. The van der Waals surface area contributed by atoms with E-state index in [2.05, 4.69) is 25.3 Å². The summed E-state index contributed by atoms with van der Waals surface area (Å²) in [5, 5.41) is 3.67. The minimum atomic E-state index is -0.317. The van der Waals surface area contributed by atoms with Gasteiger partial charge in [0.05, 0.1) is 26.6 Å². The Labute approximate surface area is 164 Å². The molecule has 0 unspecified atom stereocenters. The van der Waals surface area contributed by atoms with E-state index < -0.39 is 0 Å². The SMILES string of the molecule is Cc1ccnc(NC(=O)c2ccc3[nH]c(-c4c(Cl)cccc4Cl)nc3c2)n1. The molecule has 2 N–H and O–H groups in total. The van der Waals surface area contributed by atoms with Crippen molar-refractivity contribution >= 4 is 46.1 Å². The fourth-order valence-corrected chi connectivity index (χ4v) is 3.25. The van der Waals surface area contributed by atoms with Crippen molar-refractivity contribution in [3.8, 4) is 11.4 Å². The predicted molar refractivity (Wildman–Crippen MR) is 106 cm³/mol. The van der Waals surface area contributed by atoms with Crippen molar-refractivity contribution in [2.75, 3.05) is 5.32 Å². The third-order valence-corrected chi connectivity index (χ3v) is 4.59. The molecule has 0 saturated carbocycles. The molecule has 0 radical (unpaired) electrons. The fraction of sp³-hybridized carbons (Fsp3) is 0.0526. The second-order valence-electron chi connectivity index (χ2n) is 5.89. The number of imidazole rings is 1. The molecule has 0 aliphatic carbocycles. The number of aryl methyl sites for hydroxylation is 1. The van der Waals surface area contributed by atoms with Gasteiger partial charge in [-0.2, -0.15) is 0 Å². The lowest BCUT2D eigenvalue weighted by molar-refractivity contribution is 0.102. The maximum Gasteiger partial charge on any atom is 0.258 e. The maximum absolute atomic E-state index is 12.5. The average molecular weight is 398 g/mol. The van der Waals surface area contributed by atoms with Crippen LogP contribution in [-0.4, -0.2) is 25.8 Å². The monoisotopic (exact) mass is 397 g/mol. The molecule has 27 heavy (non-hydrogen) atoms. The molecule has 8 heteroatoms. The summed E-state index contributed by atoms with van der Waals surface area (Å²) >= 11 is 12.5. The van der Waals surface area contributed by atoms with Crippen LogP contribution in [0.25, 0.3) is 22.4 Å². The largest absolute Gasteiger partial charge is 0.338 e. The molecular weight excluding hydrogens is 385 g/mol. The van der Waals surface area contributed by atoms with Gasteiger partial charge in [-0.05, 0) is 43.3 Å². The van der Waals surface area contributed by atoms with Gasteiger partial charge in [-0.15, -0.1) is 0 Å². The van der Waals surface area contributed by atoms with Crippen LogP contribution in [0.3, 0.4) is 0 Å². The van der Waals surface area contributed by atoms with Crippen LogP contribution in [0.4, 0.5) is 5.95 Å². The van der Waals surface area contributed by atoms with Crippen molar-refractivity contribution in [1.29, 1.82) is 0 Å². The summed E-state index contributed by atoms with van der Waals surface area (Å²) in [6, 6.07) is 12.2. The number of nitrogens with zero attached hydrogens (tertiary/aromatic N) is 3. The number of H-pyrrole nitrogens is 1. The van der Waals surface area contributed by atoms with Crippen molar-refractivity contribution < 1.29 is 4.79 Å². The van der Waals surface area contributed by atoms with Crippen molar-refractivity contribution in [1.82, 2.24) is 19.9 Å². The molecule has 0 aliphatic heterocycles. The van der Waals surface area contributed by atoms with E-state index in [1.807, 2.05) is 6.92 Å². The maximum atomic E-state index is 12.5. The predicted octanol–water partition coefficient (Wildman–Crippen LogP) is 4.89. The molecule has 0 spiro atoms. The van der Waals surface area contributed by atoms with Crippen LogP contribution in [0.2, 0.25) is 10.0 Å². The van der Waals surface area contributed by atoms with E-state index in [-0.39, 0.29) is 11.9 Å². The lowest BCUT2D eigenvalue weighted by Crippen LogP contribution is -2.14. The summed E-state index contributed by atoms with van der Waals surface area (Å²) in [5.74, 6) is 0.480. The summed E-state index contributed by atoms with van der Waals surface area (Å²) in [6.45, 7) is 1.83. The highest BCUT2D eigenvalue weighted by Crippen LogP contribution is 2.33. The quantitative estimate of drug-likeness (QED) is 0.515. The molecule has 2 aromatic carbocycles. The Balaban J connectivity index is 1.68. The van der Waals surface area contributed by atoms with E-state index in [0.29, 0.717) is 32.5 Å². The normalized spacial score (nSPS) is 10.9. The Kier molecular flexibility index (Phi) is 4.51. The summed E-state index contributed by atoms with van der Waals surface area (Å²) in [7, 11) is 0. The van der Waals surface area contributed by atoms with Gasteiger partial charge in [-0.25, -0.2) is 15.0 Å². The van der Waals surface area contributed by atoms with Gasteiger partial charge in [0, 0.05) is 17.5 Å². The summed E-state index contributed by atoms with van der Waals surface area (Å²) in [4.78, 5) is 28.4. The van der Waals surface area contributed by atoms with Crippen LogP contribution in [0.1, 0.15) is 16.1 Å². The van der Waals surface area contributed by atoms with Gasteiger partial charge in [0.2, 0.25) is 5.95 Å². The number of hydrogen-bond donors (Lipinski definition) is 2. The zero-order valence-electron chi connectivity index (χ0n) is 14.1. The van der Waals surface area contributed by atoms with Crippen molar-refractivity contribution in [3.05, 3.63) is 70.0 Å². The Hall–Kier alpha value is -2.96. The number of hydrogen-bond acceptors (Lipinski definition) is 4. The van der Waals surface area contributed by atoms with E-state index in [4.69, 9.17) is 23.2 Å². The summed E-state index contributed by atoms with van der Waals surface area (Å²) < 4.78 is 0. The Morgan fingerprint density at radius 1 is 1.07 bits per heavy atom. The van der Waals surface area contributed by atoms with Crippen molar-refractivity contribution in [2.45, 2.75) is 6.92 Å². The lowest BCUT2D eigenvalue weighted by atomic mass is 10.2. The van der Waals surface area contributed by atoms with Gasteiger partial charge in [-0.1, -0.05) is 29.3 Å². The number of aromatic nitrogens is 4. The standard InChI is InChI=1S/C19H13Cl2N5O/c1-10-7-8-22-19(23-10)26-18(27)11-5-6-14-15(9-11)25-17(24-14)16-12(20)3-2-4-13(16)21/h2-9H,1H3,(H,24,25)(H,22,23,26,27). The van der Waals surface area contributed by atoms with Gasteiger partial charge < -0.3 is 4.98 Å². The Morgan fingerprint density at radius 2 is 1.85 bits per heavy atom. The molecule has 0 aliphatic rings. The molecular formula is C19H13Cl2N5O. The molecule has 0 fully saturated rings. The van der Waals surface area contributed by atoms with E-state index in [1.165, 1.54) is 0 Å². The first-order valence-corrected chi connectivity index (χ1v) is 8.82. The van der Waals surface area contributed by atoms with E-state index in [9.17, 15) is 4.79 Å². The molecule has 4 rings (SSSR count). The number of rotatable bonds is 3. The minimum Gasteiger partial charge on any atom is -0.338 e. The number of fused-ring (bicyclic) bond motifs is 1. The molecule has 6 nitrogen and oxygen atoms in total. The fourth-order valence-electron chi connectivity index (χ4n) is 2.67. The van der Waals surface area contributed by atoms with Crippen LogP contribution >= 0.6 is 23.2 Å². The van der Waals surface area contributed by atoms with E-state index in [0.717, 1.165) is 11.2 Å². The van der Waals surface area contributed by atoms with Crippen molar-refractivity contribution in [2.24, 2.45) is 0 Å². The highest BCUT2D eigenvalue weighted by Gasteiger charge is 2.15. The van der Waals surface area contributed by atoms with Crippen LogP contribution in [0.15, 0.2) is 48.7 Å². The number of aromatic amines is 1. The Morgan fingerprint density at radius 3 is 2.59 bits per heavy atom. The average Bonchev–Trinajstić information content (AvgIpc) is 3.04. The summed E-state index contributed by atoms with van der Waals surface area (Å²) in [5.41, 5.74) is 3.22. The van der Waals surface area contributed by atoms with Crippen molar-refractivity contribution in [3.63, 3.8) is 0 Å². The number of benzene rings is 2. The first-order valence-electron chi connectivity index (χ1n) is 8.06. The summed E-state index contributed by atoms with van der Waals surface area (Å²) in [6.07, 6.45) is 1.59. The number of anilines is 1. The molecule has 134 valence electrons. The highest BCUT2D eigenvalue weighted by molar-refractivity contribution is 6.39. The Bertz CT molecular complexity index is 1150. The first kappa shape index (κ1) is 17.5. The zero-order chi connectivity index (χ0) is 19.0. The molecule has 0 atom stereocenters. The number of carbonyl (C=O) groups excluding carboxylic acids is 1. The minimum absolute atomic E-state index is 0.255. The molecule has 0 saturated heterocycles. The van der Waals surface area contributed by atoms with Crippen LogP contribution in [0.5, 0.6) is 0 Å². The highest BCUT2D eigenvalue weighted by atomic mass is 35.5. The van der Waals surface area contributed by atoms with E-state index in [1.54, 1.807) is 48.7 Å². The number of nitrogens with one attached hydrogen (secondary N) is 2. The second-order valence-corrected chi connectivity index (χ2v) is 6.70. The van der Waals surface area contributed by atoms with Crippen LogP contribution < -0.4 is 5.32 Å². The molecule has 2 heterocycles. The van der Waals surface area contributed by atoms with Gasteiger partial charge in [0.1, 0.15) is 5.82 Å².